The Morgan fingerprint density at radius 1 is 1.00 bits per heavy atom. The van der Waals surface area contributed by atoms with Crippen LogP contribution in [0.15, 0.2) is 46.5 Å². The number of rotatable bonds is 1. The normalized spacial score (nSPS) is 17.3. The molecule has 2 nitrogen and oxygen atoms in total. The number of thioether (sulfide) groups is 1. The SMILES string of the molecule is NC1=CC(c2ccccc2C(F)(F)F)C=C(N)S1. The average Bonchev–Trinajstić information content (AvgIpc) is 2.26. The fraction of sp³-hybridized carbons (Fsp3) is 0.167. The first-order valence-corrected chi connectivity index (χ1v) is 5.98. The van der Waals surface area contributed by atoms with Gasteiger partial charge in [0.05, 0.1) is 15.6 Å². The summed E-state index contributed by atoms with van der Waals surface area (Å²) in [6, 6.07) is 5.44. The first-order valence-electron chi connectivity index (χ1n) is 5.16. The molecule has 0 aromatic heterocycles. The molecule has 4 N–H and O–H groups in total. The van der Waals surface area contributed by atoms with Crippen LogP contribution in [0.1, 0.15) is 17.0 Å². The van der Waals surface area contributed by atoms with Gasteiger partial charge < -0.3 is 11.5 Å². The molecule has 0 fully saturated rings. The van der Waals surface area contributed by atoms with E-state index in [9.17, 15) is 13.2 Å². The topological polar surface area (TPSA) is 52.0 Å². The van der Waals surface area contributed by atoms with Gasteiger partial charge >= 0.3 is 6.18 Å². The molecule has 0 spiro atoms. The minimum atomic E-state index is -4.38. The van der Waals surface area contributed by atoms with Gasteiger partial charge in [0.2, 0.25) is 0 Å². The molecule has 1 heterocycles. The quantitative estimate of drug-likeness (QED) is 0.825. The highest BCUT2D eigenvalue weighted by Gasteiger charge is 2.34. The lowest BCUT2D eigenvalue weighted by Gasteiger charge is -2.20. The molecule has 0 amide bonds. The second kappa shape index (κ2) is 4.61. The van der Waals surface area contributed by atoms with E-state index in [0.29, 0.717) is 10.1 Å². The van der Waals surface area contributed by atoms with Gasteiger partial charge in [-0.1, -0.05) is 30.0 Å². The van der Waals surface area contributed by atoms with E-state index in [1.54, 1.807) is 18.2 Å². The van der Waals surface area contributed by atoms with E-state index in [-0.39, 0.29) is 5.56 Å². The largest absolute Gasteiger partial charge is 0.416 e. The van der Waals surface area contributed by atoms with Crippen LogP contribution in [0.25, 0.3) is 0 Å². The predicted molar refractivity (Wildman–Crippen MR) is 66.3 cm³/mol. The number of allylic oxidation sites excluding steroid dienone is 2. The number of alkyl halides is 3. The van der Waals surface area contributed by atoms with Crippen molar-refractivity contribution in [3.05, 3.63) is 57.6 Å². The third kappa shape index (κ3) is 2.64. The Morgan fingerprint density at radius 2 is 1.56 bits per heavy atom. The van der Waals surface area contributed by atoms with E-state index < -0.39 is 17.7 Å². The summed E-state index contributed by atoms with van der Waals surface area (Å²) in [6.07, 6.45) is -1.23. The molecule has 18 heavy (non-hydrogen) atoms. The Hall–Kier alpha value is -1.56. The Balaban J connectivity index is 2.49. The van der Waals surface area contributed by atoms with Gasteiger partial charge in [0.25, 0.3) is 0 Å². The van der Waals surface area contributed by atoms with Crippen molar-refractivity contribution >= 4 is 11.8 Å². The summed E-state index contributed by atoms with van der Waals surface area (Å²) in [7, 11) is 0. The molecule has 0 radical (unpaired) electrons. The molecule has 96 valence electrons. The van der Waals surface area contributed by atoms with Crippen LogP contribution in [-0.2, 0) is 6.18 Å². The fourth-order valence-corrected chi connectivity index (χ4v) is 2.53. The minimum Gasteiger partial charge on any atom is -0.393 e. The third-order valence-corrected chi connectivity index (χ3v) is 3.29. The van der Waals surface area contributed by atoms with Crippen LogP contribution in [0.5, 0.6) is 0 Å². The molecule has 1 aliphatic rings. The highest BCUT2D eigenvalue weighted by Crippen LogP contribution is 2.39. The molecule has 1 aromatic carbocycles. The van der Waals surface area contributed by atoms with Crippen LogP contribution >= 0.6 is 11.8 Å². The summed E-state index contributed by atoms with van der Waals surface area (Å²) >= 11 is 1.15. The van der Waals surface area contributed by atoms with E-state index in [1.807, 2.05) is 0 Å². The minimum absolute atomic E-state index is 0.163. The van der Waals surface area contributed by atoms with Gasteiger partial charge in [-0.15, -0.1) is 0 Å². The van der Waals surface area contributed by atoms with Crippen molar-refractivity contribution in [3.63, 3.8) is 0 Å². The third-order valence-electron chi connectivity index (χ3n) is 2.55. The Morgan fingerprint density at radius 3 is 2.11 bits per heavy atom. The van der Waals surface area contributed by atoms with Crippen molar-refractivity contribution in [3.8, 4) is 0 Å². The highest BCUT2D eigenvalue weighted by molar-refractivity contribution is 8.06. The summed E-state index contributed by atoms with van der Waals surface area (Å²) in [5.74, 6) is -0.538. The maximum absolute atomic E-state index is 12.9. The molecular formula is C12H11F3N2S. The molecule has 0 saturated carbocycles. The number of hydrogen-bond donors (Lipinski definition) is 2. The van der Waals surface area contributed by atoms with Crippen molar-refractivity contribution in [2.45, 2.75) is 12.1 Å². The summed E-state index contributed by atoms with van der Waals surface area (Å²) in [5.41, 5.74) is 10.8. The highest BCUT2D eigenvalue weighted by atomic mass is 32.2. The Bertz CT molecular complexity index is 502. The van der Waals surface area contributed by atoms with Gasteiger partial charge in [0.1, 0.15) is 0 Å². The van der Waals surface area contributed by atoms with Gasteiger partial charge in [-0.3, -0.25) is 0 Å². The van der Waals surface area contributed by atoms with Gasteiger partial charge in [-0.05, 0) is 23.8 Å². The van der Waals surface area contributed by atoms with E-state index in [2.05, 4.69) is 0 Å². The standard InChI is InChI=1S/C12H11F3N2S/c13-12(14,15)9-4-2-1-3-8(9)7-5-10(16)18-11(17)6-7/h1-7H,16-17H2. The zero-order chi connectivity index (χ0) is 13.3. The number of nitrogens with two attached hydrogens (primary N) is 2. The van der Waals surface area contributed by atoms with Crippen LogP contribution in [0.2, 0.25) is 0 Å². The Labute approximate surface area is 107 Å². The van der Waals surface area contributed by atoms with Gasteiger partial charge in [-0.25, -0.2) is 0 Å². The van der Waals surface area contributed by atoms with Crippen molar-refractivity contribution in [2.24, 2.45) is 11.5 Å². The molecular weight excluding hydrogens is 261 g/mol. The van der Waals surface area contributed by atoms with Crippen molar-refractivity contribution in [1.82, 2.24) is 0 Å². The molecule has 0 aliphatic carbocycles. The van der Waals surface area contributed by atoms with Crippen molar-refractivity contribution < 1.29 is 13.2 Å². The molecule has 0 saturated heterocycles. The maximum atomic E-state index is 12.9. The zero-order valence-electron chi connectivity index (χ0n) is 9.24. The molecule has 0 bridgehead atoms. The Kier molecular flexibility index (Phi) is 3.30. The first kappa shape index (κ1) is 12.9. The van der Waals surface area contributed by atoms with Crippen LogP contribution in [-0.4, -0.2) is 0 Å². The smallest absolute Gasteiger partial charge is 0.393 e. The second-order valence-electron chi connectivity index (χ2n) is 3.85. The second-order valence-corrected chi connectivity index (χ2v) is 5.00. The van der Waals surface area contributed by atoms with Crippen LogP contribution in [0.4, 0.5) is 13.2 Å². The van der Waals surface area contributed by atoms with Crippen LogP contribution in [0.3, 0.4) is 0 Å². The molecule has 1 aromatic rings. The molecule has 2 rings (SSSR count). The van der Waals surface area contributed by atoms with Crippen molar-refractivity contribution in [1.29, 1.82) is 0 Å². The van der Waals surface area contributed by atoms with Crippen LogP contribution in [0, 0.1) is 0 Å². The van der Waals surface area contributed by atoms with E-state index in [4.69, 9.17) is 11.5 Å². The van der Waals surface area contributed by atoms with Gasteiger partial charge in [0.15, 0.2) is 0 Å². The number of halogens is 3. The monoisotopic (exact) mass is 272 g/mol. The molecule has 0 atom stereocenters. The maximum Gasteiger partial charge on any atom is 0.416 e. The first-order chi connectivity index (χ1) is 8.38. The van der Waals surface area contributed by atoms with E-state index >= 15 is 0 Å². The lowest BCUT2D eigenvalue weighted by Crippen LogP contribution is -2.14. The molecule has 0 unspecified atom stereocenters. The van der Waals surface area contributed by atoms with E-state index in [1.165, 1.54) is 12.1 Å². The number of hydrogen-bond acceptors (Lipinski definition) is 3. The lowest BCUT2D eigenvalue weighted by atomic mass is 9.93. The number of benzene rings is 1. The fourth-order valence-electron chi connectivity index (χ4n) is 1.83. The van der Waals surface area contributed by atoms with Gasteiger partial charge in [0, 0.05) is 5.92 Å². The van der Waals surface area contributed by atoms with Crippen molar-refractivity contribution in [2.75, 3.05) is 0 Å². The predicted octanol–water partition coefficient (Wildman–Crippen LogP) is 3.14. The average molecular weight is 272 g/mol. The van der Waals surface area contributed by atoms with Gasteiger partial charge in [-0.2, -0.15) is 13.2 Å². The summed E-state index contributed by atoms with van der Waals surface area (Å²) < 4.78 is 38.7. The summed E-state index contributed by atoms with van der Waals surface area (Å²) in [5, 5.41) is 0.828. The summed E-state index contributed by atoms with van der Waals surface area (Å²) in [4.78, 5) is 0. The lowest BCUT2D eigenvalue weighted by molar-refractivity contribution is -0.138. The summed E-state index contributed by atoms with van der Waals surface area (Å²) in [6.45, 7) is 0. The molecule has 6 heteroatoms. The van der Waals surface area contributed by atoms with E-state index in [0.717, 1.165) is 17.8 Å². The zero-order valence-corrected chi connectivity index (χ0v) is 10.1. The van der Waals surface area contributed by atoms with Crippen LogP contribution < -0.4 is 11.5 Å². The molecule has 1 aliphatic heterocycles.